The Kier molecular flexibility index (Phi) is 9.12. The summed E-state index contributed by atoms with van der Waals surface area (Å²) in [5.74, 6) is 1.55. The second-order valence-corrected chi connectivity index (χ2v) is 10.3. The molecule has 8 nitrogen and oxygen atoms in total. The van der Waals surface area contributed by atoms with E-state index in [9.17, 15) is 8.42 Å². The molecule has 35 heavy (non-hydrogen) atoms. The molecule has 0 aliphatic carbocycles. The van der Waals surface area contributed by atoms with Gasteiger partial charge in [0.05, 0.1) is 36.9 Å². The zero-order valence-corrected chi connectivity index (χ0v) is 22.8. The van der Waals surface area contributed by atoms with Gasteiger partial charge in [-0.05, 0) is 57.9 Å². The van der Waals surface area contributed by atoms with Crippen molar-refractivity contribution in [2.45, 2.75) is 11.5 Å². The normalized spacial score (nSPS) is 11.4. The Hall–Kier alpha value is -2.66. The summed E-state index contributed by atoms with van der Waals surface area (Å²) in [6.45, 7) is 0.184. The quantitative estimate of drug-likeness (QED) is 0.237. The largest absolute Gasteiger partial charge is 0.493 e. The van der Waals surface area contributed by atoms with E-state index in [0.717, 1.165) is 5.56 Å². The van der Waals surface area contributed by atoms with Crippen LogP contribution in [0.5, 0.6) is 23.0 Å². The van der Waals surface area contributed by atoms with Crippen molar-refractivity contribution >= 4 is 55.4 Å². The molecule has 3 rings (SSSR count). The highest BCUT2D eigenvalue weighted by Gasteiger charge is 2.17. The van der Waals surface area contributed by atoms with Crippen LogP contribution in [0.25, 0.3) is 0 Å². The summed E-state index contributed by atoms with van der Waals surface area (Å²) in [6.07, 6.45) is 1.34. The molecule has 0 amide bonds. The number of hydrogen-bond donors (Lipinski definition) is 1. The summed E-state index contributed by atoms with van der Waals surface area (Å²) in [4.78, 5) is 2.14. The number of methoxy groups -OCH3 is 3. The van der Waals surface area contributed by atoms with E-state index in [0.29, 0.717) is 37.3 Å². The molecule has 0 saturated carbocycles. The van der Waals surface area contributed by atoms with Gasteiger partial charge in [0.2, 0.25) is 0 Å². The van der Waals surface area contributed by atoms with Gasteiger partial charge >= 0.3 is 0 Å². The molecule has 0 unspecified atom stereocenters. The van der Waals surface area contributed by atoms with E-state index in [1.807, 2.05) is 0 Å². The maximum atomic E-state index is 12.6. The Labute approximate surface area is 221 Å². The van der Waals surface area contributed by atoms with Crippen molar-refractivity contribution in [3.63, 3.8) is 0 Å². The van der Waals surface area contributed by atoms with Crippen LogP contribution in [-0.2, 0) is 16.6 Å². The van der Waals surface area contributed by atoms with E-state index in [-0.39, 0.29) is 17.3 Å². The van der Waals surface area contributed by atoms with E-state index >= 15 is 0 Å². The predicted octanol–water partition coefficient (Wildman–Crippen LogP) is 5.67. The second-order valence-electron chi connectivity index (χ2n) is 6.93. The van der Waals surface area contributed by atoms with Crippen LogP contribution in [0.4, 0.5) is 0 Å². The molecule has 3 aromatic carbocycles. The van der Waals surface area contributed by atoms with Gasteiger partial charge in [-0.25, -0.2) is 4.83 Å². The fourth-order valence-corrected chi connectivity index (χ4v) is 4.79. The fraction of sp³-hybridized carbons (Fsp3) is 0.174. The van der Waals surface area contributed by atoms with Crippen molar-refractivity contribution in [1.29, 1.82) is 0 Å². The minimum absolute atomic E-state index is 0.0318. The molecule has 0 atom stereocenters. The molecule has 1 N–H and O–H groups in total. The first-order chi connectivity index (χ1) is 16.7. The van der Waals surface area contributed by atoms with Crippen LogP contribution in [0, 0.1) is 0 Å². The molecule has 0 spiro atoms. The minimum atomic E-state index is -3.94. The third-order valence-corrected chi connectivity index (χ3v) is 7.09. The van der Waals surface area contributed by atoms with Crippen LogP contribution >= 0.6 is 39.1 Å². The molecule has 0 heterocycles. The summed E-state index contributed by atoms with van der Waals surface area (Å²) >= 11 is 15.6. The average molecular weight is 604 g/mol. The molecule has 0 aromatic heterocycles. The van der Waals surface area contributed by atoms with Crippen LogP contribution in [0.15, 0.2) is 63.0 Å². The van der Waals surface area contributed by atoms with Crippen LogP contribution in [0.3, 0.4) is 0 Å². The lowest BCUT2D eigenvalue weighted by Gasteiger charge is -2.14. The Morgan fingerprint density at radius 1 is 0.943 bits per heavy atom. The molecular formula is C23H21BrCl2N2O6S. The van der Waals surface area contributed by atoms with Gasteiger partial charge in [0.15, 0.2) is 23.0 Å². The average Bonchev–Trinajstić information content (AvgIpc) is 2.83. The first kappa shape index (κ1) is 26.9. The van der Waals surface area contributed by atoms with Crippen LogP contribution in [0.2, 0.25) is 10.0 Å². The summed E-state index contributed by atoms with van der Waals surface area (Å²) in [5, 5.41) is 4.88. The molecule has 0 aliphatic heterocycles. The van der Waals surface area contributed by atoms with E-state index in [4.69, 9.17) is 42.1 Å². The van der Waals surface area contributed by atoms with E-state index < -0.39 is 10.0 Å². The number of hydrazone groups is 1. The van der Waals surface area contributed by atoms with Crippen molar-refractivity contribution in [1.82, 2.24) is 4.83 Å². The lowest BCUT2D eigenvalue weighted by atomic mass is 10.2. The van der Waals surface area contributed by atoms with Gasteiger partial charge in [-0.15, -0.1) is 0 Å². The zero-order chi connectivity index (χ0) is 25.6. The van der Waals surface area contributed by atoms with E-state index in [1.54, 1.807) is 30.3 Å². The van der Waals surface area contributed by atoms with Gasteiger partial charge in [0.25, 0.3) is 10.0 Å². The minimum Gasteiger partial charge on any atom is -0.493 e. The number of sulfonamides is 1. The second kappa shape index (κ2) is 11.9. The first-order valence-corrected chi connectivity index (χ1v) is 12.9. The highest BCUT2D eigenvalue weighted by Crippen LogP contribution is 2.37. The van der Waals surface area contributed by atoms with Crippen LogP contribution < -0.4 is 23.8 Å². The van der Waals surface area contributed by atoms with Crippen molar-refractivity contribution in [3.05, 3.63) is 74.2 Å². The van der Waals surface area contributed by atoms with Crippen molar-refractivity contribution in [2.75, 3.05) is 21.3 Å². The maximum Gasteiger partial charge on any atom is 0.276 e. The SMILES string of the molecule is COc1ccc(S(=O)(=O)N/N=C\c2cc(Br)c(OCc3ccc(Cl)cc3Cl)c(OC)c2)cc1OC. The van der Waals surface area contributed by atoms with Crippen molar-refractivity contribution < 1.29 is 27.4 Å². The number of nitrogens with zero attached hydrogens (tertiary/aromatic N) is 1. The predicted molar refractivity (Wildman–Crippen MR) is 139 cm³/mol. The standard InChI is InChI=1S/C23H21BrCl2N2O6S/c1-31-20-7-6-17(11-21(20)32-2)35(29,30)28-27-12-14-8-18(24)23(22(9-14)33-3)34-13-15-4-5-16(25)10-19(15)26/h4-12,28H,13H2,1-3H3/b27-12-. The summed E-state index contributed by atoms with van der Waals surface area (Å²) in [7, 11) is 0.431. The zero-order valence-electron chi connectivity index (χ0n) is 18.8. The fourth-order valence-electron chi connectivity index (χ4n) is 2.95. The van der Waals surface area contributed by atoms with E-state index in [2.05, 4.69) is 25.9 Å². The summed E-state index contributed by atoms with van der Waals surface area (Å²) < 4.78 is 47.4. The molecule has 12 heteroatoms. The maximum absolute atomic E-state index is 12.6. The highest BCUT2D eigenvalue weighted by atomic mass is 79.9. The highest BCUT2D eigenvalue weighted by molar-refractivity contribution is 9.10. The lowest BCUT2D eigenvalue weighted by molar-refractivity contribution is 0.282. The third-order valence-electron chi connectivity index (χ3n) is 4.69. The molecule has 0 bridgehead atoms. The van der Waals surface area contributed by atoms with Gasteiger partial charge in [0, 0.05) is 21.7 Å². The third kappa shape index (κ3) is 6.72. The topological polar surface area (TPSA) is 95.5 Å². The van der Waals surface area contributed by atoms with Crippen LogP contribution in [0.1, 0.15) is 11.1 Å². The van der Waals surface area contributed by atoms with Crippen LogP contribution in [-0.4, -0.2) is 36.0 Å². The molecule has 0 fully saturated rings. The van der Waals surface area contributed by atoms with Crippen molar-refractivity contribution in [3.8, 4) is 23.0 Å². The Morgan fingerprint density at radius 2 is 1.66 bits per heavy atom. The number of benzene rings is 3. The molecule has 0 radical (unpaired) electrons. The van der Waals surface area contributed by atoms with Gasteiger partial charge in [-0.3, -0.25) is 0 Å². The van der Waals surface area contributed by atoms with Gasteiger partial charge in [-0.2, -0.15) is 13.5 Å². The van der Waals surface area contributed by atoms with Crippen molar-refractivity contribution in [2.24, 2.45) is 5.10 Å². The number of halogens is 3. The number of hydrogen-bond acceptors (Lipinski definition) is 7. The van der Waals surface area contributed by atoms with E-state index in [1.165, 1.54) is 45.7 Å². The number of ether oxygens (including phenoxy) is 4. The molecular weight excluding hydrogens is 583 g/mol. The Morgan fingerprint density at radius 3 is 2.31 bits per heavy atom. The summed E-state index contributed by atoms with van der Waals surface area (Å²) in [6, 6.07) is 12.7. The molecule has 186 valence electrons. The smallest absolute Gasteiger partial charge is 0.276 e. The molecule has 0 aliphatic rings. The monoisotopic (exact) mass is 602 g/mol. The molecule has 3 aromatic rings. The lowest BCUT2D eigenvalue weighted by Crippen LogP contribution is -2.18. The van der Waals surface area contributed by atoms with Gasteiger partial charge in [-0.1, -0.05) is 29.3 Å². The summed E-state index contributed by atoms with van der Waals surface area (Å²) in [5.41, 5.74) is 1.31. The number of rotatable bonds is 10. The van der Waals surface area contributed by atoms with Gasteiger partial charge < -0.3 is 18.9 Å². The first-order valence-electron chi connectivity index (χ1n) is 9.89. The molecule has 0 saturated heterocycles. The Bertz CT molecular complexity index is 1350. The number of nitrogens with one attached hydrogen (secondary N) is 1. The Balaban J connectivity index is 1.76. The van der Waals surface area contributed by atoms with Gasteiger partial charge in [0.1, 0.15) is 6.61 Å².